The molecule has 3 rings (SSSR count). The van der Waals surface area contributed by atoms with Crippen molar-refractivity contribution in [1.29, 1.82) is 0 Å². The van der Waals surface area contributed by atoms with Gasteiger partial charge in [0.25, 0.3) is 5.56 Å². The van der Waals surface area contributed by atoms with Gasteiger partial charge < -0.3 is 19.4 Å². The Morgan fingerprint density at radius 2 is 1.66 bits per heavy atom. The molecule has 1 amide bonds. The van der Waals surface area contributed by atoms with E-state index in [1.54, 1.807) is 10.6 Å². The number of rotatable bonds is 18. The van der Waals surface area contributed by atoms with Crippen molar-refractivity contribution in [1.82, 2.24) is 4.57 Å². The van der Waals surface area contributed by atoms with E-state index >= 15 is 0 Å². The topological polar surface area (TPSA) is 69.6 Å². The zero-order chi connectivity index (χ0) is 31.7. The zero-order valence-corrected chi connectivity index (χ0v) is 27.3. The van der Waals surface area contributed by atoms with Crippen LogP contribution in [0.25, 0.3) is 17.0 Å². The van der Waals surface area contributed by atoms with Crippen LogP contribution < -0.4 is 20.3 Å². The van der Waals surface area contributed by atoms with E-state index in [0.29, 0.717) is 31.2 Å². The van der Waals surface area contributed by atoms with Crippen LogP contribution in [0.3, 0.4) is 0 Å². The summed E-state index contributed by atoms with van der Waals surface area (Å²) in [7, 11) is 0. The Hall–Kier alpha value is -4.06. The summed E-state index contributed by atoms with van der Waals surface area (Å²) in [4.78, 5) is 26.8. The lowest BCUT2D eigenvalue weighted by molar-refractivity contribution is -0.111. The third-order valence-corrected chi connectivity index (χ3v) is 7.40. The fourth-order valence-corrected chi connectivity index (χ4v) is 4.86. The number of pyridine rings is 1. The Balaban J connectivity index is 1.98. The maximum atomic E-state index is 14.0. The van der Waals surface area contributed by atoms with Crippen LogP contribution in [0.15, 0.2) is 82.7 Å². The van der Waals surface area contributed by atoms with Crippen molar-refractivity contribution in [3.05, 3.63) is 93.8 Å². The van der Waals surface area contributed by atoms with E-state index in [0.717, 1.165) is 67.8 Å². The molecule has 6 nitrogen and oxygen atoms in total. The van der Waals surface area contributed by atoms with Gasteiger partial charge in [-0.05, 0) is 82.4 Å². The summed E-state index contributed by atoms with van der Waals surface area (Å²) in [6, 6.07) is 15.3. The van der Waals surface area contributed by atoms with Crippen molar-refractivity contribution in [3.63, 3.8) is 0 Å². The highest BCUT2D eigenvalue weighted by atomic mass is 16.5. The number of fused-ring (bicyclic) bond motifs is 1. The molecule has 0 spiro atoms. The molecule has 1 heterocycles. The SMILES string of the molecule is CCCCCCn1c(=O)c(OC/C=C(\C)CCC=C(C)C)c(OCCCC)c2ccc(NC(=O)/C=C/c3ccccc3)cc21. The molecule has 0 atom stereocenters. The Morgan fingerprint density at radius 1 is 0.886 bits per heavy atom. The molecule has 0 aliphatic heterocycles. The van der Waals surface area contributed by atoms with Crippen molar-refractivity contribution in [2.45, 2.75) is 92.5 Å². The quantitative estimate of drug-likeness (QED) is 0.0899. The van der Waals surface area contributed by atoms with E-state index in [1.165, 1.54) is 17.2 Å². The number of nitrogens with one attached hydrogen (secondary N) is 1. The number of benzene rings is 2. The van der Waals surface area contributed by atoms with Crippen LogP contribution in [0.4, 0.5) is 5.69 Å². The number of hydrogen-bond donors (Lipinski definition) is 1. The minimum atomic E-state index is -0.240. The van der Waals surface area contributed by atoms with Gasteiger partial charge in [-0.15, -0.1) is 0 Å². The van der Waals surface area contributed by atoms with E-state index < -0.39 is 0 Å². The molecule has 0 aliphatic rings. The van der Waals surface area contributed by atoms with Gasteiger partial charge in [0.05, 0.1) is 12.1 Å². The van der Waals surface area contributed by atoms with Gasteiger partial charge in [0.15, 0.2) is 5.75 Å². The number of aromatic nitrogens is 1. The van der Waals surface area contributed by atoms with Crippen LogP contribution in [-0.2, 0) is 11.3 Å². The molecule has 3 aromatic rings. The largest absolute Gasteiger partial charge is 0.489 e. The molecule has 1 N–H and O–H groups in total. The number of hydrogen-bond acceptors (Lipinski definition) is 4. The number of amides is 1. The molecule has 44 heavy (non-hydrogen) atoms. The summed E-state index contributed by atoms with van der Waals surface area (Å²) < 4.78 is 14.3. The molecule has 0 saturated carbocycles. The highest BCUT2D eigenvalue weighted by Crippen LogP contribution is 2.35. The molecule has 0 fully saturated rings. The molecule has 0 aliphatic carbocycles. The van der Waals surface area contributed by atoms with Gasteiger partial charge in [-0.2, -0.15) is 0 Å². The van der Waals surface area contributed by atoms with Crippen molar-refractivity contribution in [2.75, 3.05) is 18.5 Å². The second-order valence-corrected chi connectivity index (χ2v) is 11.5. The minimum absolute atomic E-state index is 0.205. The number of nitrogens with zero attached hydrogens (tertiary/aromatic N) is 1. The summed E-state index contributed by atoms with van der Waals surface area (Å²) in [6.45, 7) is 11.9. The van der Waals surface area contributed by atoms with E-state index in [4.69, 9.17) is 9.47 Å². The number of aryl methyl sites for hydroxylation is 1. The maximum absolute atomic E-state index is 14.0. The number of unbranched alkanes of at least 4 members (excludes halogenated alkanes) is 4. The molecule has 236 valence electrons. The summed E-state index contributed by atoms with van der Waals surface area (Å²) in [5.41, 5.74) is 4.61. The van der Waals surface area contributed by atoms with Gasteiger partial charge in [-0.1, -0.05) is 87.1 Å². The summed E-state index contributed by atoms with van der Waals surface area (Å²) in [5.74, 6) is 0.483. The monoisotopic (exact) mass is 598 g/mol. The lowest BCUT2D eigenvalue weighted by atomic mass is 10.1. The first kappa shape index (κ1) is 34.4. The molecule has 0 radical (unpaired) electrons. The third-order valence-electron chi connectivity index (χ3n) is 7.40. The molecular formula is C38H50N2O4. The van der Waals surface area contributed by atoms with Crippen molar-refractivity contribution in [3.8, 4) is 11.5 Å². The van der Waals surface area contributed by atoms with Gasteiger partial charge in [0.1, 0.15) is 6.61 Å². The van der Waals surface area contributed by atoms with Gasteiger partial charge in [0.2, 0.25) is 11.7 Å². The van der Waals surface area contributed by atoms with Gasteiger partial charge in [0, 0.05) is 23.7 Å². The van der Waals surface area contributed by atoms with Crippen molar-refractivity contribution in [2.24, 2.45) is 0 Å². The van der Waals surface area contributed by atoms with E-state index in [2.05, 4.69) is 46.0 Å². The number of ether oxygens (including phenoxy) is 2. The minimum Gasteiger partial charge on any atom is -0.489 e. The molecule has 6 heteroatoms. The Labute approximate surface area is 263 Å². The first-order chi connectivity index (χ1) is 21.3. The second kappa shape index (κ2) is 18.6. The number of allylic oxidation sites excluding steroid dienone is 3. The molecule has 2 aromatic carbocycles. The first-order valence-corrected chi connectivity index (χ1v) is 16.1. The highest BCUT2D eigenvalue weighted by molar-refractivity contribution is 6.03. The Bertz CT molecular complexity index is 1490. The molecular weight excluding hydrogens is 548 g/mol. The van der Waals surface area contributed by atoms with E-state index in [9.17, 15) is 9.59 Å². The lowest BCUT2D eigenvalue weighted by Crippen LogP contribution is -2.24. The van der Waals surface area contributed by atoms with E-state index in [-0.39, 0.29) is 17.2 Å². The zero-order valence-electron chi connectivity index (χ0n) is 27.3. The first-order valence-electron chi connectivity index (χ1n) is 16.1. The number of carbonyl (C=O) groups excluding carboxylic acids is 1. The number of carbonyl (C=O) groups is 1. The standard InChI is InChI=1S/C38H50N2O4/c1-6-8-10-14-25-40-34-28-32(39-35(41)23-20-31-18-12-11-13-19-31)21-22-33(34)36(43-26-9-7-2)37(38(40)42)44-27-24-30(5)17-15-16-29(3)4/h11-13,16,18-24,28H,6-10,14-15,17,25-27H2,1-5H3,(H,39,41)/b23-20+,30-24+. The van der Waals surface area contributed by atoms with Gasteiger partial charge in [-0.3, -0.25) is 9.59 Å². The molecule has 0 saturated heterocycles. The summed E-state index contributed by atoms with van der Waals surface area (Å²) >= 11 is 0. The second-order valence-electron chi connectivity index (χ2n) is 11.5. The average molecular weight is 599 g/mol. The fourth-order valence-electron chi connectivity index (χ4n) is 4.86. The maximum Gasteiger partial charge on any atom is 0.297 e. The average Bonchev–Trinajstić information content (AvgIpc) is 3.01. The van der Waals surface area contributed by atoms with Crippen LogP contribution in [0.5, 0.6) is 11.5 Å². The van der Waals surface area contributed by atoms with Crippen LogP contribution in [0.2, 0.25) is 0 Å². The van der Waals surface area contributed by atoms with Crippen molar-refractivity contribution >= 4 is 28.6 Å². The van der Waals surface area contributed by atoms with Gasteiger partial charge in [-0.25, -0.2) is 0 Å². The molecule has 0 unspecified atom stereocenters. The lowest BCUT2D eigenvalue weighted by Gasteiger charge is -2.19. The van der Waals surface area contributed by atoms with Gasteiger partial charge >= 0.3 is 0 Å². The molecule has 1 aromatic heterocycles. The normalized spacial score (nSPS) is 11.6. The van der Waals surface area contributed by atoms with Crippen LogP contribution in [0.1, 0.15) is 91.5 Å². The fraction of sp³-hybridized carbons (Fsp3) is 0.421. The van der Waals surface area contributed by atoms with Crippen LogP contribution in [-0.4, -0.2) is 23.7 Å². The molecule has 0 bridgehead atoms. The highest BCUT2D eigenvalue weighted by Gasteiger charge is 2.20. The van der Waals surface area contributed by atoms with E-state index in [1.807, 2.05) is 54.6 Å². The van der Waals surface area contributed by atoms with Crippen LogP contribution >= 0.6 is 0 Å². The van der Waals surface area contributed by atoms with Crippen molar-refractivity contribution < 1.29 is 14.3 Å². The Morgan fingerprint density at radius 3 is 2.39 bits per heavy atom. The number of anilines is 1. The predicted molar refractivity (Wildman–Crippen MR) is 185 cm³/mol. The Kier molecular flexibility index (Phi) is 14.5. The van der Waals surface area contributed by atoms with Crippen LogP contribution in [0, 0.1) is 0 Å². The smallest absolute Gasteiger partial charge is 0.297 e. The summed E-state index contributed by atoms with van der Waals surface area (Å²) in [6.07, 6.45) is 15.5. The third kappa shape index (κ3) is 10.9. The predicted octanol–water partition coefficient (Wildman–Crippen LogP) is 9.48. The summed E-state index contributed by atoms with van der Waals surface area (Å²) in [5, 5.41) is 3.76.